The first-order chi connectivity index (χ1) is 8.63. The van der Waals surface area contributed by atoms with Gasteiger partial charge in [0.1, 0.15) is 12.0 Å². The third-order valence-corrected chi connectivity index (χ3v) is 3.52. The predicted octanol–water partition coefficient (Wildman–Crippen LogP) is 3.04. The maximum atomic E-state index is 13.8. The Bertz CT molecular complexity index is 555. The molecule has 0 saturated carbocycles. The maximum absolute atomic E-state index is 13.8. The number of rotatable bonds is 3. The van der Waals surface area contributed by atoms with Gasteiger partial charge in [0.05, 0.1) is 7.11 Å². The highest BCUT2D eigenvalue weighted by Gasteiger charge is 2.14. The summed E-state index contributed by atoms with van der Waals surface area (Å²) in [6.07, 6.45) is 1.45. The molecule has 2 rings (SSSR count). The Kier molecular flexibility index (Phi) is 3.89. The van der Waals surface area contributed by atoms with E-state index in [0.717, 1.165) is 0 Å². The molecule has 93 valence electrons. The van der Waals surface area contributed by atoms with Gasteiger partial charge in [0.2, 0.25) is 0 Å². The van der Waals surface area contributed by atoms with Crippen molar-refractivity contribution < 1.29 is 13.7 Å². The molecule has 0 aliphatic heterocycles. The molecule has 2 aromatic carbocycles. The molecule has 0 N–H and O–H groups in total. The lowest BCUT2D eigenvalue weighted by molar-refractivity contribution is 0.416. The molecule has 0 aromatic heterocycles. The van der Waals surface area contributed by atoms with Crippen molar-refractivity contribution in [1.82, 2.24) is 0 Å². The number of halogens is 1. The molecule has 2 aromatic rings. The number of hydrogen-bond acceptors (Lipinski definition) is 2. The average molecular weight is 263 g/mol. The standard InChI is InChI=1S/C14H12FO2S/c1-17-13-6-4-3-5-11(13)10-7-8-14(18(2)16)12(15)9-10/h3-4,6-9H,1-2H3. The van der Waals surface area contributed by atoms with Crippen LogP contribution in [0.5, 0.6) is 5.75 Å². The Labute approximate surface area is 109 Å². The summed E-state index contributed by atoms with van der Waals surface area (Å²) < 4.78 is 30.3. The SMILES string of the molecule is COc1ccc[c]c1-c1ccc([S+](C)[O-])c(F)c1. The summed E-state index contributed by atoms with van der Waals surface area (Å²) in [5.74, 6) is 0.148. The molecular weight excluding hydrogens is 251 g/mol. The largest absolute Gasteiger partial charge is 0.612 e. The molecule has 18 heavy (non-hydrogen) atoms. The lowest BCUT2D eigenvalue weighted by Gasteiger charge is -2.10. The molecule has 0 aliphatic rings. The molecular formula is C14H12FO2S. The van der Waals surface area contributed by atoms with Gasteiger partial charge in [-0.05, 0) is 47.1 Å². The summed E-state index contributed by atoms with van der Waals surface area (Å²) in [5.41, 5.74) is 1.34. The molecule has 0 bridgehead atoms. The van der Waals surface area contributed by atoms with E-state index >= 15 is 0 Å². The molecule has 2 nitrogen and oxygen atoms in total. The summed E-state index contributed by atoms with van der Waals surface area (Å²) in [5, 5.41) is 0. The van der Waals surface area contributed by atoms with Crippen LogP contribution >= 0.6 is 0 Å². The summed E-state index contributed by atoms with van der Waals surface area (Å²) in [7, 11) is 1.55. The topological polar surface area (TPSA) is 32.3 Å². The van der Waals surface area contributed by atoms with Gasteiger partial charge < -0.3 is 9.29 Å². The first-order valence-corrected chi connectivity index (χ1v) is 6.87. The third kappa shape index (κ3) is 2.49. The second kappa shape index (κ2) is 5.42. The van der Waals surface area contributed by atoms with Crippen LogP contribution in [-0.4, -0.2) is 17.9 Å². The van der Waals surface area contributed by atoms with E-state index in [1.54, 1.807) is 31.4 Å². The van der Waals surface area contributed by atoms with Crippen LogP contribution in [0.1, 0.15) is 0 Å². The van der Waals surface area contributed by atoms with Gasteiger partial charge in [0.25, 0.3) is 0 Å². The Morgan fingerprint density at radius 1 is 1.33 bits per heavy atom. The fraction of sp³-hybridized carbons (Fsp3) is 0.143. The van der Waals surface area contributed by atoms with E-state index in [0.29, 0.717) is 16.9 Å². The number of ether oxygens (including phenoxy) is 1. The Morgan fingerprint density at radius 3 is 2.72 bits per heavy atom. The molecule has 0 heterocycles. The highest BCUT2D eigenvalue weighted by molar-refractivity contribution is 7.90. The minimum atomic E-state index is -1.33. The molecule has 0 spiro atoms. The normalized spacial score (nSPS) is 12.2. The van der Waals surface area contributed by atoms with Crippen molar-refractivity contribution in [2.45, 2.75) is 4.90 Å². The van der Waals surface area contributed by atoms with Crippen molar-refractivity contribution in [2.24, 2.45) is 0 Å². The molecule has 4 heteroatoms. The van der Waals surface area contributed by atoms with Gasteiger partial charge in [-0.25, -0.2) is 4.39 Å². The van der Waals surface area contributed by atoms with Gasteiger partial charge in [-0.15, -0.1) is 0 Å². The van der Waals surface area contributed by atoms with Gasteiger partial charge in [-0.1, -0.05) is 12.1 Å². The van der Waals surface area contributed by atoms with E-state index in [4.69, 9.17) is 4.74 Å². The van der Waals surface area contributed by atoms with Crippen LogP contribution in [-0.2, 0) is 11.2 Å². The van der Waals surface area contributed by atoms with Gasteiger partial charge in [-0.3, -0.25) is 0 Å². The van der Waals surface area contributed by atoms with E-state index in [-0.39, 0.29) is 4.90 Å². The zero-order valence-electron chi connectivity index (χ0n) is 10.1. The van der Waals surface area contributed by atoms with Crippen LogP contribution < -0.4 is 4.74 Å². The monoisotopic (exact) mass is 263 g/mol. The van der Waals surface area contributed by atoms with Crippen LogP contribution in [0.15, 0.2) is 41.3 Å². The lowest BCUT2D eigenvalue weighted by Crippen LogP contribution is -2.00. The number of methoxy groups -OCH3 is 1. The lowest BCUT2D eigenvalue weighted by atomic mass is 10.0. The van der Waals surface area contributed by atoms with Crippen molar-refractivity contribution in [1.29, 1.82) is 0 Å². The van der Waals surface area contributed by atoms with Gasteiger partial charge in [-0.2, -0.15) is 0 Å². The first-order valence-electron chi connectivity index (χ1n) is 5.31. The second-order valence-corrected chi connectivity index (χ2v) is 5.06. The first kappa shape index (κ1) is 12.9. The van der Waals surface area contributed by atoms with Gasteiger partial charge in [0.15, 0.2) is 10.7 Å². The van der Waals surface area contributed by atoms with E-state index in [9.17, 15) is 8.94 Å². The van der Waals surface area contributed by atoms with Crippen LogP contribution in [0, 0.1) is 11.9 Å². The van der Waals surface area contributed by atoms with Gasteiger partial charge in [0, 0.05) is 5.56 Å². The van der Waals surface area contributed by atoms with Crippen LogP contribution in [0.2, 0.25) is 0 Å². The Morgan fingerprint density at radius 2 is 2.11 bits per heavy atom. The molecule has 1 atom stereocenters. The quantitative estimate of drug-likeness (QED) is 0.797. The number of hydrogen-bond donors (Lipinski definition) is 0. The van der Waals surface area contributed by atoms with Crippen molar-refractivity contribution in [3.05, 3.63) is 48.3 Å². The predicted molar refractivity (Wildman–Crippen MR) is 69.6 cm³/mol. The number of benzene rings is 2. The van der Waals surface area contributed by atoms with Gasteiger partial charge >= 0.3 is 0 Å². The van der Waals surface area contributed by atoms with Crippen molar-refractivity contribution >= 4 is 11.2 Å². The van der Waals surface area contributed by atoms with Crippen LogP contribution in [0.25, 0.3) is 11.1 Å². The summed E-state index contributed by atoms with van der Waals surface area (Å²) in [4.78, 5) is 0.202. The Hall–Kier alpha value is -1.52. The Balaban J connectivity index is 2.49. The van der Waals surface area contributed by atoms with E-state index in [1.165, 1.54) is 18.4 Å². The smallest absolute Gasteiger partial charge is 0.188 e. The van der Waals surface area contributed by atoms with Crippen molar-refractivity contribution in [2.75, 3.05) is 13.4 Å². The zero-order valence-corrected chi connectivity index (χ0v) is 10.9. The molecule has 0 amide bonds. The van der Waals surface area contributed by atoms with E-state index < -0.39 is 17.0 Å². The van der Waals surface area contributed by atoms with E-state index in [1.807, 2.05) is 0 Å². The molecule has 1 radical (unpaired) electrons. The molecule has 1 unspecified atom stereocenters. The fourth-order valence-electron chi connectivity index (χ4n) is 1.71. The fourth-order valence-corrected chi connectivity index (χ4v) is 2.30. The minimum Gasteiger partial charge on any atom is -0.612 e. The summed E-state index contributed by atoms with van der Waals surface area (Å²) in [6.45, 7) is 0. The van der Waals surface area contributed by atoms with Crippen molar-refractivity contribution in [3.8, 4) is 16.9 Å². The third-order valence-electron chi connectivity index (χ3n) is 2.57. The van der Waals surface area contributed by atoms with Crippen molar-refractivity contribution in [3.63, 3.8) is 0 Å². The molecule has 0 fully saturated rings. The second-order valence-electron chi connectivity index (χ2n) is 3.71. The molecule has 0 aliphatic carbocycles. The average Bonchev–Trinajstić information content (AvgIpc) is 2.38. The minimum absolute atomic E-state index is 0.202. The zero-order chi connectivity index (χ0) is 13.1. The van der Waals surface area contributed by atoms with E-state index in [2.05, 4.69) is 6.07 Å². The van der Waals surface area contributed by atoms with Crippen LogP contribution in [0.3, 0.4) is 0 Å². The summed E-state index contributed by atoms with van der Waals surface area (Å²) >= 11 is -1.33. The van der Waals surface area contributed by atoms with Crippen LogP contribution in [0.4, 0.5) is 4.39 Å². The molecule has 0 saturated heterocycles. The highest BCUT2D eigenvalue weighted by atomic mass is 32.2. The summed E-state index contributed by atoms with van der Waals surface area (Å²) in [6, 6.07) is 12.9. The highest BCUT2D eigenvalue weighted by Crippen LogP contribution is 2.30. The maximum Gasteiger partial charge on any atom is 0.188 e.